The SMILES string of the molecule is COc1ccc(-n2nc(CCC(N)=O)cc2-c2ccc(Cl)cc2)cc1. The minimum Gasteiger partial charge on any atom is -0.497 e. The monoisotopic (exact) mass is 355 g/mol. The summed E-state index contributed by atoms with van der Waals surface area (Å²) in [5.41, 5.74) is 8.86. The molecule has 128 valence electrons. The van der Waals surface area contributed by atoms with Crippen molar-refractivity contribution < 1.29 is 9.53 Å². The van der Waals surface area contributed by atoms with E-state index in [4.69, 9.17) is 22.1 Å². The van der Waals surface area contributed by atoms with Crippen molar-refractivity contribution in [2.45, 2.75) is 12.8 Å². The van der Waals surface area contributed by atoms with Crippen molar-refractivity contribution in [1.82, 2.24) is 9.78 Å². The van der Waals surface area contributed by atoms with Gasteiger partial charge in [-0.2, -0.15) is 5.10 Å². The summed E-state index contributed by atoms with van der Waals surface area (Å²) in [7, 11) is 1.63. The maximum absolute atomic E-state index is 11.1. The first-order valence-corrected chi connectivity index (χ1v) is 8.22. The molecule has 0 unspecified atom stereocenters. The summed E-state index contributed by atoms with van der Waals surface area (Å²) >= 11 is 5.99. The highest BCUT2D eigenvalue weighted by atomic mass is 35.5. The molecule has 1 aromatic heterocycles. The molecule has 0 fully saturated rings. The lowest BCUT2D eigenvalue weighted by Crippen LogP contribution is -2.11. The number of carbonyl (C=O) groups excluding carboxylic acids is 1. The Morgan fingerprint density at radius 2 is 1.84 bits per heavy atom. The van der Waals surface area contributed by atoms with Crippen LogP contribution in [0.15, 0.2) is 54.6 Å². The number of amides is 1. The van der Waals surface area contributed by atoms with E-state index in [-0.39, 0.29) is 12.3 Å². The molecule has 0 saturated heterocycles. The Hall–Kier alpha value is -2.79. The second kappa shape index (κ2) is 7.40. The Balaban J connectivity index is 2.03. The Labute approximate surface area is 151 Å². The van der Waals surface area contributed by atoms with Crippen LogP contribution in [0, 0.1) is 0 Å². The summed E-state index contributed by atoms with van der Waals surface area (Å²) < 4.78 is 7.05. The maximum Gasteiger partial charge on any atom is 0.217 e. The van der Waals surface area contributed by atoms with Crippen LogP contribution in [-0.2, 0) is 11.2 Å². The first-order valence-electron chi connectivity index (χ1n) is 7.84. The fourth-order valence-corrected chi connectivity index (χ4v) is 2.68. The number of aryl methyl sites for hydroxylation is 1. The Kier molecular flexibility index (Phi) is 5.05. The van der Waals surface area contributed by atoms with E-state index < -0.39 is 0 Å². The van der Waals surface area contributed by atoms with Crippen molar-refractivity contribution in [3.8, 4) is 22.7 Å². The number of benzene rings is 2. The number of aromatic nitrogens is 2. The average molecular weight is 356 g/mol. The van der Waals surface area contributed by atoms with Crippen molar-refractivity contribution in [2.75, 3.05) is 7.11 Å². The molecular weight excluding hydrogens is 338 g/mol. The Morgan fingerprint density at radius 1 is 1.16 bits per heavy atom. The number of methoxy groups -OCH3 is 1. The molecule has 3 rings (SSSR count). The van der Waals surface area contributed by atoms with Gasteiger partial charge in [-0.3, -0.25) is 4.79 Å². The summed E-state index contributed by atoms with van der Waals surface area (Å²) in [6, 6.07) is 17.2. The normalized spacial score (nSPS) is 10.6. The summed E-state index contributed by atoms with van der Waals surface area (Å²) in [6.45, 7) is 0. The molecule has 0 atom stereocenters. The fourth-order valence-electron chi connectivity index (χ4n) is 2.55. The first kappa shape index (κ1) is 17.0. The summed E-state index contributed by atoms with van der Waals surface area (Å²) in [4.78, 5) is 11.1. The van der Waals surface area contributed by atoms with Crippen molar-refractivity contribution in [3.63, 3.8) is 0 Å². The third kappa shape index (κ3) is 4.00. The van der Waals surface area contributed by atoms with Gasteiger partial charge >= 0.3 is 0 Å². The van der Waals surface area contributed by atoms with E-state index in [1.54, 1.807) is 7.11 Å². The van der Waals surface area contributed by atoms with Gasteiger partial charge in [-0.15, -0.1) is 0 Å². The molecule has 6 heteroatoms. The summed E-state index contributed by atoms with van der Waals surface area (Å²) in [5.74, 6) is 0.435. The van der Waals surface area contributed by atoms with Crippen LogP contribution >= 0.6 is 11.6 Å². The van der Waals surface area contributed by atoms with Crippen LogP contribution in [0.3, 0.4) is 0 Å². The third-order valence-electron chi connectivity index (χ3n) is 3.84. The van der Waals surface area contributed by atoms with Crippen molar-refractivity contribution in [1.29, 1.82) is 0 Å². The van der Waals surface area contributed by atoms with Gasteiger partial charge in [0.2, 0.25) is 5.91 Å². The van der Waals surface area contributed by atoms with Crippen LogP contribution in [0.5, 0.6) is 5.75 Å². The molecule has 1 heterocycles. The van der Waals surface area contributed by atoms with Crippen molar-refractivity contribution >= 4 is 17.5 Å². The summed E-state index contributed by atoms with van der Waals surface area (Å²) in [5, 5.41) is 5.32. The standard InChI is InChI=1S/C19H18ClN3O2/c1-25-17-9-7-16(8-10-17)23-18(13-2-4-14(20)5-3-13)12-15(22-23)6-11-19(21)24/h2-5,7-10,12H,6,11H2,1H3,(H2,21,24). The number of ether oxygens (including phenoxy) is 1. The highest BCUT2D eigenvalue weighted by molar-refractivity contribution is 6.30. The van der Waals surface area contributed by atoms with Gasteiger partial charge in [0.25, 0.3) is 0 Å². The molecule has 0 aliphatic rings. The van der Waals surface area contributed by atoms with Crippen LogP contribution in [0.1, 0.15) is 12.1 Å². The van der Waals surface area contributed by atoms with Crippen LogP contribution in [0.2, 0.25) is 5.02 Å². The largest absolute Gasteiger partial charge is 0.497 e. The topological polar surface area (TPSA) is 70.1 Å². The number of nitrogens with zero attached hydrogens (tertiary/aromatic N) is 2. The second-order valence-electron chi connectivity index (χ2n) is 5.60. The lowest BCUT2D eigenvalue weighted by atomic mass is 10.1. The maximum atomic E-state index is 11.1. The van der Waals surface area contributed by atoms with Crippen LogP contribution in [-0.4, -0.2) is 22.8 Å². The number of halogens is 1. The minimum atomic E-state index is -0.341. The van der Waals surface area contributed by atoms with E-state index >= 15 is 0 Å². The van der Waals surface area contributed by atoms with E-state index in [0.29, 0.717) is 11.4 Å². The molecule has 0 spiro atoms. The van der Waals surface area contributed by atoms with Gasteiger partial charge in [0.1, 0.15) is 5.75 Å². The zero-order valence-electron chi connectivity index (χ0n) is 13.8. The lowest BCUT2D eigenvalue weighted by molar-refractivity contribution is -0.118. The quantitative estimate of drug-likeness (QED) is 0.734. The van der Waals surface area contributed by atoms with Crippen LogP contribution in [0.4, 0.5) is 0 Å². The smallest absolute Gasteiger partial charge is 0.217 e. The Bertz CT molecular complexity index is 871. The molecule has 2 N–H and O–H groups in total. The molecule has 2 aromatic carbocycles. The van der Waals surface area contributed by atoms with E-state index in [9.17, 15) is 4.79 Å². The number of hydrogen-bond acceptors (Lipinski definition) is 3. The number of rotatable bonds is 6. The van der Waals surface area contributed by atoms with Gasteiger partial charge in [-0.25, -0.2) is 4.68 Å². The van der Waals surface area contributed by atoms with E-state index in [1.807, 2.05) is 59.3 Å². The number of hydrogen-bond donors (Lipinski definition) is 1. The van der Waals surface area contributed by atoms with Gasteiger partial charge < -0.3 is 10.5 Å². The molecule has 5 nitrogen and oxygen atoms in total. The van der Waals surface area contributed by atoms with E-state index in [1.165, 1.54) is 0 Å². The van der Waals surface area contributed by atoms with Gasteiger partial charge in [-0.1, -0.05) is 23.7 Å². The molecule has 1 amide bonds. The molecule has 0 radical (unpaired) electrons. The molecule has 3 aromatic rings. The molecule has 25 heavy (non-hydrogen) atoms. The first-order chi connectivity index (χ1) is 12.1. The highest BCUT2D eigenvalue weighted by Crippen LogP contribution is 2.26. The van der Waals surface area contributed by atoms with E-state index in [0.717, 1.165) is 28.4 Å². The van der Waals surface area contributed by atoms with Crippen LogP contribution < -0.4 is 10.5 Å². The second-order valence-corrected chi connectivity index (χ2v) is 6.04. The molecule has 0 aliphatic heterocycles. The predicted octanol–water partition coefficient (Wildman–Crippen LogP) is 3.62. The van der Waals surface area contributed by atoms with Gasteiger partial charge in [0.05, 0.1) is 24.2 Å². The van der Waals surface area contributed by atoms with Crippen molar-refractivity contribution in [3.05, 3.63) is 65.3 Å². The average Bonchev–Trinajstić information content (AvgIpc) is 3.05. The molecule has 0 aliphatic carbocycles. The zero-order valence-corrected chi connectivity index (χ0v) is 14.5. The van der Waals surface area contributed by atoms with E-state index in [2.05, 4.69) is 5.10 Å². The number of primary amides is 1. The molecule has 0 saturated carbocycles. The predicted molar refractivity (Wildman–Crippen MR) is 98.1 cm³/mol. The number of carbonyl (C=O) groups is 1. The van der Waals surface area contributed by atoms with Gasteiger partial charge in [-0.05, 0) is 42.5 Å². The zero-order chi connectivity index (χ0) is 17.8. The lowest BCUT2D eigenvalue weighted by Gasteiger charge is -2.08. The third-order valence-corrected chi connectivity index (χ3v) is 4.10. The number of nitrogens with two attached hydrogens (primary N) is 1. The fraction of sp³-hybridized carbons (Fsp3) is 0.158. The minimum absolute atomic E-state index is 0.264. The molecule has 0 bridgehead atoms. The Morgan fingerprint density at radius 3 is 2.44 bits per heavy atom. The summed E-state index contributed by atoms with van der Waals surface area (Å²) in [6.07, 6.45) is 0.763. The highest BCUT2D eigenvalue weighted by Gasteiger charge is 2.12. The van der Waals surface area contributed by atoms with Crippen molar-refractivity contribution in [2.24, 2.45) is 5.73 Å². The van der Waals surface area contributed by atoms with Gasteiger partial charge in [0.15, 0.2) is 0 Å². The molecular formula is C19H18ClN3O2. The van der Waals surface area contributed by atoms with Gasteiger partial charge in [0, 0.05) is 23.4 Å². The van der Waals surface area contributed by atoms with Crippen LogP contribution in [0.25, 0.3) is 16.9 Å².